The average Bonchev–Trinajstić information content (AvgIpc) is 2.76. The first-order valence-electron chi connectivity index (χ1n) is 11.2. The first-order valence-corrected chi connectivity index (χ1v) is 11.6. The first kappa shape index (κ1) is 25.7. The third kappa shape index (κ3) is 6.99. The SMILES string of the molecule is CC[C@@H](C)NC(=O)[C@@H](CC)N(Cc1ccc(C)cc1)C(=O)COc1cc(C)c(Cl)c(C)c1. The smallest absolute Gasteiger partial charge is 0.261 e. The van der Waals surface area contributed by atoms with E-state index in [9.17, 15) is 9.59 Å². The third-order valence-corrected chi connectivity index (χ3v) is 6.23. The van der Waals surface area contributed by atoms with E-state index in [4.69, 9.17) is 16.3 Å². The van der Waals surface area contributed by atoms with E-state index < -0.39 is 6.04 Å². The Labute approximate surface area is 197 Å². The van der Waals surface area contributed by atoms with Crippen molar-refractivity contribution < 1.29 is 14.3 Å². The molecule has 32 heavy (non-hydrogen) atoms. The molecule has 0 aliphatic heterocycles. The van der Waals surface area contributed by atoms with Crippen molar-refractivity contribution in [3.8, 4) is 5.75 Å². The molecule has 0 unspecified atom stereocenters. The Morgan fingerprint density at radius 1 is 1.03 bits per heavy atom. The number of hydrogen-bond acceptors (Lipinski definition) is 3. The van der Waals surface area contributed by atoms with Gasteiger partial charge in [0.15, 0.2) is 6.61 Å². The number of halogens is 1. The molecule has 0 aliphatic rings. The molecule has 0 saturated heterocycles. The second-order valence-electron chi connectivity index (χ2n) is 8.41. The van der Waals surface area contributed by atoms with Crippen LogP contribution in [0.2, 0.25) is 5.02 Å². The average molecular weight is 459 g/mol. The van der Waals surface area contributed by atoms with Crippen LogP contribution in [-0.2, 0) is 16.1 Å². The molecule has 0 bridgehead atoms. The Morgan fingerprint density at radius 3 is 2.16 bits per heavy atom. The van der Waals surface area contributed by atoms with Crippen molar-refractivity contribution in [2.75, 3.05) is 6.61 Å². The second kappa shape index (κ2) is 11.9. The van der Waals surface area contributed by atoms with E-state index in [1.54, 1.807) is 4.90 Å². The number of aryl methyl sites for hydroxylation is 3. The van der Waals surface area contributed by atoms with E-state index in [1.165, 1.54) is 0 Å². The van der Waals surface area contributed by atoms with Crippen molar-refractivity contribution >= 4 is 23.4 Å². The fourth-order valence-electron chi connectivity index (χ4n) is 3.47. The van der Waals surface area contributed by atoms with Gasteiger partial charge in [0.1, 0.15) is 11.8 Å². The van der Waals surface area contributed by atoms with Crippen LogP contribution in [0.3, 0.4) is 0 Å². The molecule has 2 rings (SSSR count). The minimum absolute atomic E-state index is 0.0455. The van der Waals surface area contributed by atoms with Gasteiger partial charge in [-0.3, -0.25) is 9.59 Å². The summed E-state index contributed by atoms with van der Waals surface area (Å²) in [4.78, 5) is 27.9. The van der Waals surface area contributed by atoms with Gasteiger partial charge in [0.05, 0.1) is 0 Å². The molecule has 2 aromatic carbocycles. The molecule has 2 aromatic rings. The lowest BCUT2D eigenvalue weighted by Crippen LogP contribution is -2.51. The number of nitrogens with zero attached hydrogens (tertiary/aromatic N) is 1. The van der Waals surface area contributed by atoms with Crippen LogP contribution in [0.15, 0.2) is 36.4 Å². The Kier molecular flexibility index (Phi) is 9.58. The lowest BCUT2D eigenvalue weighted by Gasteiger charge is -2.31. The fourth-order valence-corrected chi connectivity index (χ4v) is 3.58. The molecule has 2 atom stereocenters. The molecule has 2 amide bonds. The van der Waals surface area contributed by atoms with E-state index in [0.29, 0.717) is 23.7 Å². The maximum atomic E-state index is 13.3. The van der Waals surface area contributed by atoms with E-state index in [-0.39, 0.29) is 24.5 Å². The summed E-state index contributed by atoms with van der Waals surface area (Å²) in [5, 5.41) is 3.71. The molecule has 0 aliphatic carbocycles. The molecular formula is C26H35ClN2O3. The largest absolute Gasteiger partial charge is 0.484 e. The summed E-state index contributed by atoms with van der Waals surface area (Å²) in [7, 11) is 0. The summed E-state index contributed by atoms with van der Waals surface area (Å²) in [6.07, 6.45) is 1.34. The molecule has 0 spiro atoms. The van der Waals surface area contributed by atoms with Crippen LogP contribution in [0.4, 0.5) is 0 Å². The van der Waals surface area contributed by atoms with Crippen LogP contribution < -0.4 is 10.1 Å². The second-order valence-corrected chi connectivity index (χ2v) is 8.79. The van der Waals surface area contributed by atoms with Crippen molar-refractivity contribution in [3.63, 3.8) is 0 Å². The normalized spacial score (nSPS) is 12.7. The fraction of sp³-hybridized carbons (Fsp3) is 0.462. The highest BCUT2D eigenvalue weighted by Gasteiger charge is 2.29. The predicted molar refractivity (Wildman–Crippen MR) is 130 cm³/mol. The van der Waals surface area contributed by atoms with E-state index >= 15 is 0 Å². The van der Waals surface area contributed by atoms with Gasteiger partial charge in [-0.15, -0.1) is 0 Å². The van der Waals surface area contributed by atoms with Crippen molar-refractivity contribution in [2.45, 2.75) is 73.0 Å². The van der Waals surface area contributed by atoms with Crippen LogP contribution in [0, 0.1) is 20.8 Å². The molecule has 0 heterocycles. The van der Waals surface area contributed by atoms with E-state index in [2.05, 4.69) is 5.32 Å². The monoisotopic (exact) mass is 458 g/mol. The number of rotatable bonds is 10. The molecule has 0 saturated carbocycles. The minimum atomic E-state index is -0.574. The number of benzene rings is 2. The van der Waals surface area contributed by atoms with Gasteiger partial charge in [-0.1, -0.05) is 55.3 Å². The van der Waals surface area contributed by atoms with Gasteiger partial charge in [0, 0.05) is 17.6 Å². The Morgan fingerprint density at radius 2 is 1.62 bits per heavy atom. The third-order valence-electron chi connectivity index (χ3n) is 5.63. The summed E-state index contributed by atoms with van der Waals surface area (Å²) in [5.74, 6) is 0.215. The van der Waals surface area contributed by atoms with E-state index in [1.807, 2.05) is 77.9 Å². The lowest BCUT2D eigenvalue weighted by atomic mass is 10.1. The summed E-state index contributed by atoms with van der Waals surface area (Å²) >= 11 is 6.24. The Hall–Kier alpha value is -2.53. The number of nitrogens with one attached hydrogen (secondary N) is 1. The quantitative estimate of drug-likeness (QED) is 0.521. The van der Waals surface area contributed by atoms with Crippen LogP contribution >= 0.6 is 11.6 Å². The molecule has 0 fully saturated rings. The highest BCUT2D eigenvalue weighted by Crippen LogP contribution is 2.26. The number of carbonyl (C=O) groups excluding carboxylic acids is 2. The maximum Gasteiger partial charge on any atom is 0.261 e. The molecule has 0 aromatic heterocycles. The molecule has 5 nitrogen and oxygen atoms in total. The summed E-state index contributed by atoms with van der Waals surface area (Å²) in [6, 6.07) is 11.1. The first-order chi connectivity index (χ1) is 15.2. The molecule has 6 heteroatoms. The van der Waals surface area contributed by atoms with Gasteiger partial charge in [-0.05, 0) is 69.4 Å². The number of ether oxygens (including phenoxy) is 1. The van der Waals surface area contributed by atoms with Crippen LogP contribution in [0.1, 0.15) is 55.9 Å². The Balaban J connectivity index is 2.24. The van der Waals surface area contributed by atoms with Gasteiger partial charge in [0.25, 0.3) is 5.91 Å². The maximum absolute atomic E-state index is 13.3. The standard InChI is InChI=1S/C26H35ClN2O3/c1-7-20(6)28-26(31)23(8-2)29(15-21-11-9-17(3)10-12-21)24(30)16-32-22-13-18(4)25(27)19(5)14-22/h9-14,20,23H,7-8,15-16H2,1-6H3,(H,28,31)/t20-,23-/m1/s1. The topological polar surface area (TPSA) is 58.6 Å². The lowest BCUT2D eigenvalue weighted by molar-refractivity contribution is -0.143. The van der Waals surface area contributed by atoms with Gasteiger partial charge in [-0.25, -0.2) is 0 Å². The summed E-state index contributed by atoms with van der Waals surface area (Å²) < 4.78 is 5.82. The predicted octanol–water partition coefficient (Wildman–Crippen LogP) is 5.37. The summed E-state index contributed by atoms with van der Waals surface area (Å²) in [6.45, 7) is 11.9. The zero-order valence-corrected chi connectivity index (χ0v) is 20.8. The molecule has 1 N–H and O–H groups in total. The highest BCUT2D eigenvalue weighted by atomic mass is 35.5. The molecule has 174 valence electrons. The zero-order chi connectivity index (χ0) is 23.8. The van der Waals surface area contributed by atoms with Crippen molar-refractivity contribution in [2.24, 2.45) is 0 Å². The van der Waals surface area contributed by atoms with Gasteiger partial charge in [0.2, 0.25) is 5.91 Å². The highest BCUT2D eigenvalue weighted by molar-refractivity contribution is 6.32. The number of carbonyl (C=O) groups is 2. The van der Waals surface area contributed by atoms with Crippen molar-refractivity contribution in [1.29, 1.82) is 0 Å². The van der Waals surface area contributed by atoms with Crippen LogP contribution in [0.25, 0.3) is 0 Å². The van der Waals surface area contributed by atoms with E-state index in [0.717, 1.165) is 28.7 Å². The zero-order valence-electron chi connectivity index (χ0n) is 20.0. The van der Waals surface area contributed by atoms with Crippen molar-refractivity contribution in [3.05, 3.63) is 63.7 Å². The van der Waals surface area contributed by atoms with Gasteiger partial charge < -0.3 is 15.0 Å². The molecule has 0 radical (unpaired) electrons. The molecular weight excluding hydrogens is 424 g/mol. The van der Waals surface area contributed by atoms with Gasteiger partial charge in [-0.2, -0.15) is 0 Å². The Bertz CT molecular complexity index is 904. The van der Waals surface area contributed by atoms with Crippen LogP contribution in [-0.4, -0.2) is 35.4 Å². The van der Waals surface area contributed by atoms with Gasteiger partial charge >= 0.3 is 0 Å². The number of amides is 2. The minimum Gasteiger partial charge on any atom is -0.484 e. The van der Waals surface area contributed by atoms with Crippen molar-refractivity contribution in [1.82, 2.24) is 10.2 Å². The van der Waals surface area contributed by atoms with Crippen LogP contribution in [0.5, 0.6) is 5.75 Å². The number of hydrogen-bond donors (Lipinski definition) is 1. The summed E-state index contributed by atoms with van der Waals surface area (Å²) in [5.41, 5.74) is 3.90.